The summed E-state index contributed by atoms with van der Waals surface area (Å²) in [6.45, 7) is 7.31. The first-order valence-corrected chi connectivity index (χ1v) is 14.0. The number of amides is 1. The molecule has 1 heterocycles. The summed E-state index contributed by atoms with van der Waals surface area (Å²) in [6.07, 6.45) is 10.2. The quantitative estimate of drug-likeness (QED) is 0.394. The van der Waals surface area contributed by atoms with E-state index in [1.165, 1.54) is 48.3 Å². The summed E-state index contributed by atoms with van der Waals surface area (Å²) in [5.41, 5.74) is 2.56. The number of hydrogen-bond acceptors (Lipinski definition) is 5. The van der Waals surface area contributed by atoms with Gasteiger partial charge in [0.05, 0.1) is 16.7 Å². The Morgan fingerprint density at radius 2 is 1.60 bits per heavy atom. The number of anilines is 1. The molecule has 0 spiro atoms. The molecule has 0 aliphatic heterocycles. The van der Waals surface area contributed by atoms with Gasteiger partial charge in [-0.2, -0.15) is 0 Å². The Bertz CT molecular complexity index is 1020. The van der Waals surface area contributed by atoms with Crippen LogP contribution in [0.15, 0.2) is 18.2 Å². The highest BCUT2D eigenvalue weighted by atomic mass is 35.5. The molecule has 1 aromatic heterocycles. The van der Waals surface area contributed by atoms with Crippen LogP contribution in [-0.2, 0) is 22.4 Å². The largest absolute Gasteiger partial charge is 0.479 e. The summed E-state index contributed by atoms with van der Waals surface area (Å²) in [6, 6.07) is 5.46. The van der Waals surface area contributed by atoms with E-state index in [9.17, 15) is 9.59 Å². The van der Waals surface area contributed by atoms with Crippen LogP contribution in [0.25, 0.3) is 0 Å². The van der Waals surface area contributed by atoms with Gasteiger partial charge in [-0.05, 0) is 76.6 Å². The Balaban J connectivity index is 1.87. The van der Waals surface area contributed by atoms with E-state index in [-0.39, 0.29) is 18.0 Å². The molecule has 2 aromatic rings. The van der Waals surface area contributed by atoms with Gasteiger partial charge in [0.25, 0.3) is 5.91 Å². The molecule has 1 amide bonds. The second-order valence-corrected chi connectivity index (χ2v) is 11.2. The molecule has 1 aromatic carbocycles. The zero-order valence-corrected chi connectivity index (χ0v) is 22.9. The Morgan fingerprint density at radius 1 is 0.971 bits per heavy atom. The van der Waals surface area contributed by atoms with Gasteiger partial charge in [0.1, 0.15) is 10.8 Å². The number of rotatable bonds is 6. The van der Waals surface area contributed by atoms with Gasteiger partial charge in [-0.15, -0.1) is 11.3 Å². The Hall–Kier alpha value is -2.05. The molecule has 7 heteroatoms. The van der Waals surface area contributed by atoms with Crippen molar-refractivity contribution >= 4 is 39.8 Å². The van der Waals surface area contributed by atoms with Crippen LogP contribution in [0.1, 0.15) is 98.5 Å². The average Bonchev–Trinajstić information content (AvgIpc) is 3.12. The molecule has 1 atom stereocenters. The number of halogens is 1. The number of fused-ring (bicyclic) bond motifs is 1. The van der Waals surface area contributed by atoms with Crippen molar-refractivity contribution in [3.63, 3.8) is 0 Å². The summed E-state index contributed by atoms with van der Waals surface area (Å²) in [5.74, 6) is -0.222. The van der Waals surface area contributed by atoms with Crippen LogP contribution in [0.2, 0.25) is 5.02 Å². The molecular formula is C28H38ClNO4S. The highest BCUT2D eigenvalue weighted by Crippen LogP contribution is 2.37. The van der Waals surface area contributed by atoms with Gasteiger partial charge in [0, 0.05) is 4.88 Å². The first-order chi connectivity index (χ1) is 16.8. The fraction of sp³-hybridized carbons (Fsp3) is 0.571. The van der Waals surface area contributed by atoms with E-state index in [4.69, 9.17) is 21.1 Å². The van der Waals surface area contributed by atoms with Crippen molar-refractivity contribution < 1.29 is 19.1 Å². The van der Waals surface area contributed by atoms with Crippen molar-refractivity contribution in [1.82, 2.24) is 0 Å². The molecule has 0 saturated heterocycles. The first-order valence-electron chi connectivity index (χ1n) is 12.9. The second kappa shape index (κ2) is 13.3. The summed E-state index contributed by atoms with van der Waals surface area (Å²) in [5, 5.41) is 4.00. The van der Waals surface area contributed by atoms with Gasteiger partial charge in [0.2, 0.25) is 0 Å². The summed E-state index contributed by atoms with van der Waals surface area (Å²) < 4.78 is 11.5. The fourth-order valence-electron chi connectivity index (χ4n) is 4.36. The lowest BCUT2D eigenvalue weighted by atomic mass is 9.97. The lowest BCUT2D eigenvalue weighted by Gasteiger charge is -2.16. The summed E-state index contributed by atoms with van der Waals surface area (Å²) in [7, 11) is 0. The zero-order chi connectivity index (χ0) is 25.4. The fourth-order valence-corrected chi connectivity index (χ4v) is 5.80. The third kappa shape index (κ3) is 7.97. The molecule has 5 nitrogen and oxygen atoms in total. The Labute approximate surface area is 218 Å². The molecular weight excluding hydrogens is 482 g/mol. The predicted octanol–water partition coefficient (Wildman–Crippen LogP) is 7.90. The van der Waals surface area contributed by atoms with Gasteiger partial charge in [0.15, 0.2) is 6.10 Å². The van der Waals surface area contributed by atoms with Crippen LogP contribution in [0.4, 0.5) is 5.00 Å². The number of nitrogens with one attached hydrogen (secondary N) is 1. The van der Waals surface area contributed by atoms with Gasteiger partial charge in [-0.3, -0.25) is 4.79 Å². The highest BCUT2D eigenvalue weighted by molar-refractivity contribution is 7.17. The maximum atomic E-state index is 13.2. The van der Waals surface area contributed by atoms with Crippen LogP contribution in [0.3, 0.4) is 0 Å². The zero-order valence-electron chi connectivity index (χ0n) is 21.4. The lowest BCUT2D eigenvalue weighted by molar-refractivity contribution is -0.122. The van der Waals surface area contributed by atoms with Gasteiger partial charge < -0.3 is 14.8 Å². The Kier molecular flexibility index (Phi) is 10.5. The minimum atomic E-state index is -0.786. The van der Waals surface area contributed by atoms with E-state index < -0.39 is 6.10 Å². The number of carbonyl (C=O) groups excluding carboxylic acids is 2. The van der Waals surface area contributed by atoms with Gasteiger partial charge in [-0.1, -0.05) is 56.2 Å². The Morgan fingerprint density at radius 3 is 2.26 bits per heavy atom. The molecule has 0 fully saturated rings. The monoisotopic (exact) mass is 519 g/mol. The maximum Gasteiger partial charge on any atom is 0.341 e. The van der Waals surface area contributed by atoms with Crippen molar-refractivity contribution in [2.24, 2.45) is 0 Å². The summed E-state index contributed by atoms with van der Waals surface area (Å²) in [4.78, 5) is 27.5. The molecule has 3 rings (SSSR count). The van der Waals surface area contributed by atoms with Crippen LogP contribution in [0, 0.1) is 6.92 Å². The standard InChI is InChI=1S/C28H38ClNO4S/c1-18(2)33-28(32)25-21-13-11-9-7-5-6-8-10-12-14-24(21)35-27(25)30-26(31)20(4)34-23-17-19(3)15-16-22(23)29/h15-18,20H,5-14H2,1-4H3,(H,30,31). The molecule has 0 bridgehead atoms. The van der Waals surface area contributed by atoms with Crippen molar-refractivity contribution in [3.8, 4) is 5.75 Å². The van der Waals surface area contributed by atoms with Crippen LogP contribution >= 0.6 is 22.9 Å². The lowest BCUT2D eigenvalue weighted by Crippen LogP contribution is -2.30. The van der Waals surface area contributed by atoms with E-state index in [1.54, 1.807) is 13.0 Å². The van der Waals surface area contributed by atoms with Gasteiger partial charge in [-0.25, -0.2) is 4.79 Å². The van der Waals surface area contributed by atoms with E-state index >= 15 is 0 Å². The molecule has 192 valence electrons. The third-order valence-electron chi connectivity index (χ3n) is 6.21. The normalized spacial score (nSPS) is 15.9. The number of ether oxygens (including phenoxy) is 2. The van der Waals surface area contributed by atoms with E-state index in [2.05, 4.69) is 5.32 Å². The molecule has 35 heavy (non-hydrogen) atoms. The van der Waals surface area contributed by atoms with Crippen molar-refractivity contribution in [2.45, 2.75) is 104 Å². The van der Waals surface area contributed by atoms with E-state index in [0.29, 0.717) is 21.3 Å². The minimum absolute atomic E-state index is 0.237. The molecule has 0 radical (unpaired) electrons. The number of carbonyl (C=O) groups is 2. The van der Waals surface area contributed by atoms with Crippen LogP contribution < -0.4 is 10.1 Å². The number of esters is 1. The highest BCUT2D eigenvalue weighted by Gasteiger charge is 2.28. The second-order valence-electron chi connectivity index (χ2n) is 9.67. The number of hydrogen-bond donors (Lipinski definition) is 1. The topological polar surface area (TPSA) is 64.6 Å². The minimum Gasteiger partial charge on any atom is -0.479 e. The van der Waals surface area contributed by atoms with E-state index in [0.717, 1.165) is 43.2 Å². The number of thiophene rings is 1. The van der Waals surface area contributed by atoms with Gasteiger partial charge >= 0.3 is 5.97 Å². The molecule has 1 unspecified atom stereocenters. The third-order valence-corrected chi connectivity index (χ3v) is 7.73. The summed E-state index contributed by atoms with van der Waals surface area (Å²) >= 11 is 7.77. The van der Waals surface area contributed by atoms with Crippen molar-refractivity contribution in [1.29, 1.82) is 0 Å². The molecule has 1 N–H and O–H groups in total. The molecule has 0 saturated carbocycles. The number of aryl methyl sites for hydroxylation is 2. The first kappa shape index (κ1) is 27.5. The average molecular weight is 520 g/mol. The van der Waals surface area contributed by atoms with Crippen LogP contribution in [-0.4, -0.2) is 24.1 Å². The van der Waals surface area contributed by atoms with E-state index in [1.807, 2.05) is 32.9 Å². The van der Waals surface area contributed by atoms with Crippen molar-refractivity contribution in [2.75, 3.05) is 5.32 Å². The smallest absolute Gasteiger partial charge is 0.341 e. The molecule has 1 aliphatic rings. The molecule has 1 aliphatic carbocycles. The van der Waals surface area contributed by atoms with Crippen molar-refractivity contribution in [3.05, 3.63) is 44.8 Å². The number of benzene rings is 1. The van der Waals surface area contributed by atoms with Crippen LogP contribution in [0.5, 0.6) is 5.75 Å². The maximum absolute atomic E-state index is 13.2. The predicted molar refractivity (Wildman–Crippen MR) is 144 cm³/mol. The SMILES string of the molecule is Cc1ccc(Cl)c(OC(C)C(=O)Nc2sc3c(c2C(=O)OC(C)C)CCCCCCCCCC3)c1.